The maximum atomic E-state index is 11.0. The second-order valence-electron chi connectivity index (χ2n) is 3.29. The van der Waals surface area contributed by atoms with Crippen LogP contribution in [0.5, 0.6) is 0 Å². The van der Waals surface area contributed by atoms with Crippen molar-refractivity contribution in [3.8, 4) is 0 Å². The van der Waals surface area contributed by atoms with Crippen LogP contribution in [-0.2, 0) is 0 Å². The molecule has 0 aliphatic rings. The summed E-state index contributed by atoms with van der Waals surface area (Å²) in [5.74, 6) is 0.968. The van der Waals surface area contributed by atoms with Crippen molar-refractivity contribution in [3.05, 3.63) is 16.6 Å². The molecule has 13 heavy (non-hydrogen) atoms. The standard InChI is InChI=1S/C8H14N4O/c1-5(2)3-10-8-11-4-6(9)7(13)12-8/h4-5H,3,9H2,1-2H3,(H2,10,11,12,13). The van der Waals surface area contributed by atoms with E-state index in [1.807, 2.05) is 0 Å². The van der Waals surface area contributed by atoms with Gasteiger partial charge < -0.3 is 11.1 Å². The largest absolute Gasteiger partial charge is 0.393 e. The first-order chi connectivity index (χ1) is 6.09. The molecule has 5 nitrogen and oxygen atoms in total. The van der Waals surface area contributed by atoms with E-state index in [4.69, 9.17) is 5.73 Å². The molecule has 0 aromatic carbocycles. The maximum Gasteiger partial charge on any atom is 0.275 e. The van der Waals surface area contributed by atoms with Crippen LogP contribution in [-0.4, -0.2) is 16.5 Å². The number of aromatic amines is 1. The van der Waals surface area contributed by atoms with E-state index in [-0.39, 0.29) is 11.2 Å². The van der Waals surface area contributed by atoms with E-state index in [0.717, 1.165) is 6.54 Å². The summed E-state index contributed by atoms with van der Waals surface area (Å²) in [5, 5.41) is 2.99. The summed E-state index contributed by atoms with van der Waals surface area (Å²) in [6, 6.07) is 0. The first-order valence-electron chi connectivity index (χ1n) is 4.18. The molecule has 0 atom stereocenters. The number of nitrogens with one attached hydrogen (secondary N) is 2. The molecule has 1 aromatic heterocycles. The average molecular weight is 182 g/mol. The summed E-state index contributed by atoms with van der Waals surface area (Å²) in [5.41, 5.74) is 5.14. The van der Waals surface area contributed by atoms with Gasteiger partial charge in [-0.15, -0.1) is 0 Å². The smallest absolute Gasteiger partial charge is 0.275 e. The van der Waals surface area contributed by atoms with Gasteiger partial charge in [-0.3, -0.25) is 9.78 Å². The van der Waals surface area contributed by atoms with Crippen molar-refractivity contribution in [2.24, 2.45) is 5.92 Å². The quantitative estimate of drug-likeness (QED) is 0.632. The van der Waals surface area contributed by atoms with E-state index >= 15 is 0 Å². The lowest BCUT2D eigenvalue weighted by molar-refractivity contribution is 0.684. The van der Waals surface area contributed by atoms with Crippen LogP contribution in [0.2, 0.25) is 0 Å². The average Bonchev–Trinajstić information content (AvgIpc) is 2.07. The molecule has 5 heteroatoms. The summed E-state index contributed by atoms with van der Waals surface area (Å²) in [4.78, 5) is 17.5. The van der Waals surface area contributed by atoms with Crippen molar-refractivity contribution >= 4 is 11.6 Å². The minimum absolute atomic E-state index is 0.134. The molecule has 0 saturated heterocycles. The first kappa shape index (κ1) is 9.57. The molecule has 0 spiro atoms. The third kappa shape index (κ3) is 2.77. The highest BCUT2D eigenvalue weighted by atomic mass is 16.1. The van der Waals surface area contributed by atoms with E-state index < -0.39 is 0 Å². The zero-order valence-corrected chi connectivity index (χ0v) is 7.79. The monoisotopic (exact) mass is 182 g/mol. The molecule has 0 radical (unpaired) electrons. The Balaban J connectivity index is 2.69. The molecule has 1 rings (SSSR count). The SMILES string of the molecule is CC(C)CNc1ncc(N)c(=O)[nH]1. The van der Waals surface area contributed by atoms with Gasteiger partial charge in [0.2, 0.25) is 5.95 Å². The highest BCUT2D eigenvalue weighted by molar-refractivity contribution is 5.35. The minimum atomic E-state index is -0.304. The molecule has 0 amide bonds. The van der Waals surface area contributed by atoms with E-state index in [9.17, 15) is 4.79 Å². The van der Waals surface area contributed by atoms with Gasteiger partial charge in [0.15, 0.2) is 0 Å². The number of rotatable bonds is 3. The molecule has 0 aliphatic heterocycles. The normalized spacial score (nSPS) is 10.4. The van der Waals surface area contributed by atoms with Gasteiger partial charge in [-0.25, -0.2) is 4.98 Å². The number of aromatic nitrogens is 2. The minimum Gasteiger partial charge on any atom is -0.393 e. The lowest BCUT2D eigenvalue weighted by atomic mass is 10.2. The third-order valence-electron chi connectivity index (χ3n) is 1.50. The summed E-state index contributed by atoms with van der Waals surface area (Å²) < 4.78 is 0. The lowest BCUT2D eigenvalue weighted by Gasteiger charge is -2.06. The van der Waals surface area contributed by atoms with Gasteiger partial charge >= 0.3 is 0 Å². The van der Waals surface area contributed by atoms with Crippen molar-refractivity contribution in [1.82, 2.24) is 9.97 Å². The Labute approximate surface area is 76.4 Å². The second-order valence-corrected chi connectivity index (χ2v) is 3.29. The topological polar surface area (TPSA) is 83.8 Å². The zero-order valence-electron chi connectivity index (χ0n) is 7.79. The predicted molar refractivity (Wildman–Crippen MR) is 52.6 cm³/mol. The number of H-pyrrole nitrogens is 1. The molecular formula is C8H14N4O. The summed E-state index contributed by atoms with van der Waals surface area (Å²) in [6.07, 6.45) is 1.35. The van der Waals surface area contributed by atoms with Crippen LogP contribution in [0.4, 0.5) is 11.6 Å². The Morgan fingerprint density at radius 3 is 2.92 bits per heavy atom. The van der Waals surface area contributed by atoms with Crippen LogP contribution >= 0.6 is 0 Å². The predicted octanol–water partition coefficient (Wildman–Crippen LogP) is 0.420. The number of nitrogens with zero attached hydrogens (tertiary/aromatic N) is 1. The molecule has 1 aromatic rings. The van der Waals surface area contributed by atoms with E-state index in [1.165, 1.54) is 6.20 Å². The van der Waals surface area contributed by atoms with E-state index in [1.54, 1.807) is 0 Å². The molecule has 0 aliphatic carbocycles. The Hall–Kier alpha value is -1.52. The molecule has 0 fully saturated rings. The highest BCUT2D eigenvalue weighted by Gasteiger charge is 1.98. The van der Waals surface area contributed by atoms with Gasteiger partial charge in [0, 0.05) is 6.54 Å². The molecule has 1 heterocycles. The number of hydrogen-bond donors (Lipinski definition) is 3. The van der Waals surface area contributed by atoms with Crippen LogP contribution in [0.1, 0.15) is 13.8 Å². The number of nitrogen functional groups attached to an aromatic ring is 1. The van der Waals surface area contributed by atoms with Gasteiger partial charge in [-0.2, -0.15) is 0 Å². The molecule has 0 unspecified atom stereocenters. The fourth-order valence-electron chi connectivity index (χ4n) is 0.795. The summed E-state index contributed by atoms with van der Waals surface area (Å²) in [6.45, 7) is 4.91. The van der Waals surface area contributed by atoms with E-state index in [0.29, 0.717) is 11.9 Å². The molecule has 0 saturated carbocycles. The molecule has 4 N–H and O–H groups in total. The van der Waals surface area contributed by atoms with Gasteiger partial charge in [0.25, 0.3) is 5.56 Å². The zero-order chi connectivity index (χ0) is 9.84. The molecular weight excluding hydrogens is 168 g/mol. The van der Waals surface area contributed by atoms with Crippen LogP contribution in [0.15, 0.2) is 11.0 Å². The van der Waals surface area contributed by atoms with Crippen LogP contribution < -0.4 is 16.6 Å². The van der Waals surface area contributed by atoms with Crippen molar-refractivity contribution in [1.29, 1.82) is 0 Å². The molecule has 72 valence electrons. The molecule has 0 bridgehead atoms. The fraction of sp³-hybridized carbons (Fsp3) is 0.500. The summed E-state index contributed by atoms with van der Waals surface area (Å²) >= 11 is 0. The maximum absolute atomic E-state index is 11.0. The van der Waals surface area contributed by atoms with Crippen molar-refractivity contribution in [3.63, 3.8) is 0 Å². The van der Waals surface area contributed by atoms with Crippen LogP contribution in [0.3, 0.4) is 0 Å². The van der Waals surface area contributed by atoms with E-state index in [2.05, 4.69) is 29.1 Å². The lowest BCUT2D eigenvalue weighted by Crippen LogP contribution is -2.17. The van der Waals surface area contributed by atoms with Crippen LogP contribution in [0, 0.1) is 5.92 Å². The second kappa shape index (κ2) is 3.93. The van der Waals surface area contributed by atoms with Crippen molar-refractivity contribution in [2.45, 2.75) is 13.8 Å². The number of nitrogens with two attached hydrogens (primary N) is 1. The third-order valence-corrected chi connectivity index (χ3v) is 1.50. The number of anilines is 2. The summed E-state index contributed by atoms with van der Waals surface area (Å²) in [7, 11) is 0. The highest BCUT2D eigenvalue weighted by Crippen LogP contribution is 1.97. The fourth-order valence-corrected chi connectivity index (χ4v) is 0.795. The van der Waals surface area contributed by atoms with Gasteiger partial charge in [0.1, 0.15) is 5.69 Å². The van der Waals surface area contributed by atoms with Gasteiger partial charge in [0.05, 0.1) is 6.20 Å². The Kier molecular flexibility index (Phi) is 2.89. The number of hydrogen-bond acceptors (Lipinski definition) is 4. The van der Waals surface area contributed by atoms with Gasteiger partial charge in [-0.1, -0.05) is 13.8 Å². The first-order valence-corrected chi connectivity index (χ1v) is 4.18. The van der Waals surface area contributed by atoms with Crippen LogP contribution in [0.25, 0.3) is 0 Å². The van der Waals surface area contributed by atoms with Crippen molar-refractivity contribution < 1.29 is 0 Å². The Morgan fingerprint density at radius 2 is 2.38 bits per heavy atom. The van der Waals surface area contributed by atoms with Gasteiger partial charge in [-0.05, 0) is 5.92 Å². The Morgan fingerprint density at radius 1 is 1.69 bits per heavy atom. The Bertz CT molecular complexity index is 331. The van der Waals surface area contributed by atoms with Crippen molar-refractivity contribution in [2.75, 3.05) is 17.6 Å².